The van der Waals surface area contributed by atoms with Gasteiger partial charge in [-0.15, -0.1) is 0 Å². The molecule has 0 radical (unpaired) electrons. The van der Waals surface area contributed by atoms with Gasteiger partial charge in [0.2, 0.25) is 0 Å². The van der Waals surface area contributed by atoms with Crippen molar-refractivity contribution in [2.45, 2.75) is 57.2 Å². The number of piperidine rings is 1. The highest BCUT2D eigenvalue weighted by atomic mass is 16.5. The van der Waals surface area contributed by atoms with E-state index in [4.69, 9.17) is 0 Å². The summed E-state index contributed by atoms with van der Waals surface area (Å²) < 4.78 is 4.68. The van der Waals surface area contributed by atoms with E-state index in [-0.39, 0.29) is 24.2 Å². The smallest absolute Gasteiger partial charge is 0.407 e. The predicted molar refractivity (Wildman–Crippen MR) is 72.9 cm³/mol. The zero-order valence-corrected chi connectivity index (χ0v) is 12.0. The molecule has 2 fully saturated rings. The molecule has 0 aromatic carbocycles. The van der Waals surface area contributed by atoms with Crippen LogP contribution in [0.2, 0.25) is 0 Å². The van der Waals surface area contributed by atoms with Gasteiger partial charge in [-0.25, -0.2) is 4.79 Å². The van der Waals surface area contributed by atoms with E-state index in [1.54, 1.807) is 0 Å². The molecule has 110 valence electrons. The molecule has 0 aromatic rings. The van der Waals surface area contributed by atoms with Crippen molar-refractivity contribution in [1.82, 2.24) is 10.2 Å². The summed E-state index contributed by atoms with van der Waals surface area (Å²) in [5.41, 5.74) is 0. The lowest BCUT2D eigenvalue weighted by Gasteiger charge is -2.42. The molecule has 2 N–H and O–H groups in total. The molecule has 5 heteroatoms. The Balaban J connectivity index is 1.97. The maximum absolute atomic E-state index is 11.4. The third kappa shape index (κ3) is 3.83. The van der Waals surface area contributed by atoms with Gasteiger partial charge < -0.3 is 15.2 Å². The molecular weight excluding hydrogens is 244 g/mol. The van der Waals surface area contributed by atoms with E-state index in [9.17, 15) is 9.90 Å². The number of aliphatic hydroxyl groups excluding tert-OH is 1. The molecule has 0 spiro atoms. The first-order valence-corrected chi connectivity index (χ1v) is 7.36. The van der Waals surface area contributed by atoms with Gasteiger partial charge in [0.15, 0.2) is 0 Å². The topological polar surface area (TPSA) is 61.8 Å². The average molecular weight is 270 g/mol. The van der Waals surface area contributed by atoms with Gasteiger partial charge in [-0.1, -0.05) is 12.8 Å². The highest BCUT2D eigenvalue weighted by molar-refractivity contribution is 5.67. The van der Waals surface area contributed by atoms with Crippen LogP contribution in [0.25, 0.3) is 0 Å². The van der Waals surface area contributed by atoms with E-state index in [2.05, 4.69) is 15.0 Å². The number of likely N-dealkylation sites (tertiary alicyclic amines) is 1. The number of rotatable bonds is 3. The van der Waals surface area contributed by atoms with Crippen LogP contribution in [0.4, 0.5) is 4.79 Å². The Morgan fingerprint density at radius 1 is 1.37 bits per heavy atom. The van der Waals surface area contributed by atoms with Gasteiger partial charge >= 0.3 is 6.09 Å². The molecule has 3 atom stereocenters. The lowest BCUT2D eigenvalue weighted by atomic mass is 9.89. The van der Waals surface area contributed by atoms with Crippen molar-refractivity contribution in [1.29, 1.82) is 0 Å². The minimum atomic E-state index is -0.373. The second-order valence-electron chi connectivity index (χ2n) is 5.96. The van der Waals surface area contributed by atoms with Crippen LogP contribution in [0.15, 0.2) is 0 Å². The lowest BCUT2D eigenvalue weighted by molar-refractivity contribution is 0.0297. The Hall–Kier alpha value is -0.810. The van der Waals surface area contributed by atoms with E-state index in [0.717, 1.165) is 19.5 Å². The molecule has 1 saturated heterocycles. The summed E-state index contributed by atoms with van der Waals surface area (Å²) in [5, 5.41) is 12.8. The van der Waals surface area contributed by atoms with Crippen LogP contribution in [0, 0.1) is 5.92 Å². The van der Waals surface area contributed by atoms with E-state index in [1.807, 2.05) is 6.92 Å². The van der Waals surface area contributed by atoms with Crippen molar-refractivity contribution in [2.24, 2.45) is 5.92 Å². The molecular formula is C14H26N2O3. The first-order valence-electron chi connectivity index (χ1n) is 7.36. The molecule has 3 unspecified atom stereocenters. The summed E-state index contributed by atoms with van der Waals surface area (Å²) in [7, 11) is 1.39. The number of alkyl carbamates (subject to hydrolysis) is 1. The molecule has 19 heavy (non-hydrogen) atoms. The zero-order chi connectivity index (χ0) is 13.8. The highest BCUT2D eigenvalue weighted by Gasteiger charge is 2.34. The maximum Gasteiger partial charge on any atom is 0.407 e. The number of carbonyl (C=O) groups excluding carboxylic acids is 1. The lowest BCUT2D eigenvalue weighted by Crippen LogP contribution is -2.55. The van der Waals surface area contributed by atoms with Crippen molar-refractivity contribution in [3.63, 3.8) is 0 Å². The van der Waals surface area contributed by atoms with Crippen molar-refractivity contribution < 1.29 is 14.6 Å². The quantitative estimate of drug-likeness (QED) is 0.813. The third-order valence-corrected chi connectivity index (χ3v) is 4.54. The first kappa shape index (κ1) is 14.6. The van der Waals surface area contributed by atoms with Gasteiger partial charge in [0.1, 0.15) is 0 Å². The molecule has 1 amide bonds. The number of nitrogens with zero attached hydrogens (tertiary/aromatic N) is 1. The van der Waals surface area contributed by atoms with E-state index >= 15 is 0 Å². The zero-order valence-electron chi connectivity index (χ0n) is 12.0. The van der Waals surface area contributed by atoms with Crippen LogP contribution >= 0.6 is 0 Å². The van der Waals surface area contributed by atoms with Gasteiger partial charge in [-0.2, -0.15) is 0 Å². The van der Waals surface area contributed by atoms with Crippen LogP contribution in [0.1, 0.15) is 39.0 Å². The minimum Gasteiger partial charge on any atom is -0.453 e. The Kier molecular flexibility index (Phi) is 5.05. The second kappa shape index (κ2) is 6.57. The fourth-order valence-electron chi connectivity index (χ4n) is 3.42. The third-order valence-electron chi connectivity index (χ3n) is 4.54. The summed E-state index contributed by atoms with van der Waals surface area (Å²) in [5.74, 6) is 0.233. The van der Waals surface area contributed by atoms with Crippen molar-refractivity contribution in [3.05, 3.63) is 0 Å². The average Bonchev–Trinajstić information content (AvgIpc) is 2.92. The van der Waals surface area contributed by atoms with Gasteiger partial charge in [-0.3, -0.25) is 4.90 Å². The summed E-state index contributed by atoms with van der Waals surface area (Å²) in [6.45, 7) is 3.67. The Labute approximate surface area is 115 Å². The number of methoxy groups -OCH3 is 1. The molecule has 1 heterocycles. The van der Waals surface area contributed by atoms with E-state index in [1.165, 1.54) is 32.8 Å². The molecule has 2 rings (SSSR count). The first-order chi connectivity index (χ1) is 9.10. The second-order valence-corrected chi connectivity index (χ2v) is 5.96. The molecule has 1 saturated carbocycles. The number of ether oxygens (including phenoxy) is 1. The predicted octanol–water partition coefficient (Wildman–Crippen LogP) is 1.36. The molecule has 1 aliphatic heterocycles. The van der Waals surface area contributed by atoms with Gasteiger partial charge in [-0.05, 0) is 32.1 Å². The maximum atomic E-state index is 11.4. The molecule has 5 nitrogen and oxygen atoms in total. The van der Waals surface area contributed by atoms with Gasteiger partial charge in [0.05, 0.1) is 13.2 Å². The SMILES string of the molecule is COC(=O)NC1CC(C(C)O)CN(C2CCCC2)C1. The van der Waals surface area contributed by atoms with Crippen molar-refractivity contribution in [2.75, 3.05) is 20.2 Å². The monoisotopic (exact) mass is 270 g/mol. The summed E-state index contributed by atoms with van der Waals surface area (Å²) in [6, 6.07) is 0.713. The largest absolute Gasteiger partial charge is 0.453 e. The standard InChI is InChI=1S/C14H26N2O3/c1-10(17)11-7-12(15-14(18)19-2)9-16(8-11)13-5-3-4-6-13/h10-13,17H,3-9H2,1-2H3,(H,15,18). The summed E-state index contributed by atoms with van der Waals surface area (Å²) >= 11 is 0. The Morgan fingerprint density at radius 2 is 2.05 bits per heavy atom. The fourth-order valence-corrected chi connectivity index (χ4v) is 3.42. The number of amides is 1. The van der Waals surface area contributed by atoms with Crippen LogP contribution in [-0.2, 0) is 4.74 Å². The van der Waals surface area contributed by atoms with Crippen LogP contribution in [-0.4, -0.2) is 54.5 Å². The van der Waals surface area contributed by atoms with Gasteiger partial charge in [0, 0.05) is 25.2 Å². The van der Waals surface area contributed by atoms with Crippen LogP contribution < -0.4 is 5.32 Å². The van der Waals surface area contributed by atoms with E-state index < -0.39 is 0 Å². The Morgan fingerprint density at radius 3 is 2.63 bits per heavy atom. The summed E-state index contributed by atoms with van der Waals surface area (Å²) in [4.78, 5) is 13.8. The van der Waals surface area contributed by atoms with E-state index in [0.29, 0.717) is 6.04 Å². The highest BCUT2D eigenvalue weighted by Crippen LogP contribution is 2.29. The summed E-state index contributed by atoms with van der Waals surface area (Å²) in [6.07, 6.45) is 5.23. The normalized spacial score (nSPS) is 31.1. The molecule has 0 bridgehead atoms. The molecule has 0 aromatic heterocycles. The van der Waals surface area contributed by atoms with Crippen molar-refractivity contribution in [3.8, 4) is 0 Å². The fraction of sp³-hybridized carbons (Fsp3) is 0.929. The number of hydrogen-bond donors (Lipinski definition) is 2. The Bertz CT molecular complexity index is 303. The number of nitrogens with one attached hydrogen (secondary N) is 1. The van der Waals surface area contributed by atoms with Gasteiger partial charge in [0.25, 0.3) is 0 Å². The number of carbonyl (C=O) groups is 1. The van der Waals surface area contributed by atoms with Crippen LogP contribution in [0.3, 0.4) is 0 Å². The number of hydrogen-bond acceptors (Lipinski definition) is 4. The minimum absolute atomic E-state index is 0.0846. The molecule has 2 aliphatic rings. The molecule has 1 aliphatic carbocycles. The van der Waals surface area contributed by atoms with Crippen molar-refractivity contribution >= 4 is 6.09 Å². The van der Waals surface area contributed by atoms with Crippen LogP contribution in [0.5, 0.6) is 0 Å². The number of aliphatic hydroxyl groups is 1.